The van der Waals surface area contributed by atoms with Gasteiger partial charge in [-0.05, 0) is 30.3 Å². The topological polar surface area (TPSA) is 81.4 Å². The maximum absolute atomic E-state index is 11.5. The first-order valence-corrected chi connectivity index (χ1v) is 6.29. The molecule has 21 heavy (non-hydrogen) atoms. The van der Waals surface area contributed by atoms with Crippen LogP contribution in [0.1, 0.15) is 11.5 Å². The molecule has 0 aliphatic carbocycles. The second-order valence-corrected chi connectivity index (χ2v) is 4.05. The van der Waals surface area contributed by atoms with Crippen molar-refractivity contribution in [2.75, 3.05) is 6.61 Å². The minimum absolute atomic E-state index is 0.257. The number of rotatable bonds is 6. The van der Waals surface area contributed by atoms with E-state index in [4.69, 9.17) is 9.15 Å². The van der Waals surface area contributed by atoms with Crippen LogP contribution in [0, 0.1) is 0 Å². The van der Waals surface area contributed by atoms with Gasteiger partial charge in [0.05, 0.1) is 18.5 Å². The summed E-state index contributed by atoms with van der Waals surface area (Å²) in [6, 6.07) is 8.80. The summed E-state index contributed by atoms with van der Waals surface area (Å²) >= 11 is 0. The minimum atomic E-state index is -0.603. The Labute approximate surface area is 121 Å². The third-order valence-electron chi connectivity index (χ3n) is 2.46. The Hall–Kier alpha value is -2.89. The molecule has 0 saturated heterocycles. The highest BCUT2D eigenvalue weighted by Gasteiger charge is 2.05. The quantitative estimate of drug-likeness (QED) is 0.643. The summed E-state index contributed by atoms with van der Waals surface area (Å²) in [7, 11) is 0. The van der Waals surface area contributed by atoms with Crippen LogP contribution in [0.5, 0.6) is 0 Å². The lowest BCUT2D eigenvalue weighted by molar-refractivity contribution is -0.143. The lowest BCUT2D eigenvalue weighted by Gasteiger charge is -2.03. The number of esters is 1. The van der Waals surface area contributed by atoms with Crippen molar-refractivity contribution in [3.05, 3.63) is 60.3 Å². The van der Waals surface area contributed by atoms with Gasteiger partial charge in [0.25, 0.3) is 5.91 Å². The Kier molecular flexibility index (Phi) is 5.28. The van der Waals surface area contributed by atoms with Crippen molar-refractivity contribution in [3.63, 3.8) is 0 Å². The summed E-state index contributed by atoms with van der Waals surface area (Å²) in [4.78, 5) is 26.9. The van der Waals surface area contributed by atoms with Crippen molar-refractivity contribution >= 4 is 18.0 Å². The molecule has 6 heteroatoms. The van der Waals surface area contributed by atoms with Crippen LogP contribution in [0.2, 0.25) is 0 Å². The molecule has 1 amide bonds. The predicted molar refractivity (Wildman–Crippen MR) is 74.8 cm³/mol. The zero-order chi connectivity index (χ0) is 14.9. The first-order valence-electron chi connectivity index (χ1n) is 6.29. The number of carbonyl (C=O) groups excluding carboxylic acids is 2. The number of carbonyl (C=O) groups is 2. The lowest BCUT2D eigenvalue weighted by Crippen LogP contribution is -2.27. The fraction of sp³-hybridized carbons (Fsp3) is 0.133. The first-order chi connectivity index (χ1) is 10.2. The number of furan rings is 1. The maximum atomic E-state index is 11.5. The number of hydrogen-bond acceptors (Lipinski definition) is 5. The zero-order valence-corrected chi connectivity index (χ0v) is 11.2. The summed E-state index contributed by atoms with van der Waals surface area (Å²) in [5, 5.41) is 2.57. The van der Waals surface area contributed by atoms with E-state index in [0.717, 1.165) is 0 Å². The van der Waals surface area contributed by atoms with E-state index in [1.807, 2.05) is 0 Å². The van der Waals surface area contributed by atoms with Crippen LogP contribution in [0.3, 0.4) is 0 Å². The molecule has 0 aromatic carbocycles. The summed E-state index contributed by atoms with van der Waals surface area (Å²) in [5.74, 6) is -0.371. The van der Waals surface area contributed by atoms with Crippen LogP contribution < -0.4 is 5.32 Å². The largest absolute Gasteiger partial charge is 0.467 e. The van der Waals surface area contributed by atoms with Gasteiger partial charge in [-0.1, -0.05) is 6.07 Å². The van der Waals surface area contributed by atoms with Gasteiger partial charge in [-0.15, -0.1) is 0 Å². The number of hydrogen-bond donors (Lipinski definition) is 1. The molecular weight excluding hydrogens is 272 g/mol. The van der Waals surface area contributed by atoms with Crippen molar-refractivity contribution in [2.24, 2.45) is 0 Å². The highest BCUT2D eigenvalue weighted by molar-refractivity contribution is 5.88. The Morgan fingerprint density at radius 3 is 2.90 bits per heavy atom. The van der Waals surface area contributed by atoms with Crippen molar-refractivity contribution in [1.82, 2.24) is 10.3 Å². The van der Waals surface area contributed by atoms with E-state index in [-0.39, 0.29) is 13.2 Å². The van der Waals surface area contributed by atoms with E-state index in [9.17, 15) is 9.59 Å². The van der Waals surface area contributed by atoms with Crippen molar-refractivity contribution in [3.8, 4) is 0 Å². The van der Waals surface area contributed by atoms with Gasteiger partial charge in [0.2, 0.25) is 0 Å². The van der Waals surface area contributed by atoms with Gasteiger partial charge < -0.3 is 14.5 Å². The monoisotopic (exact) mass is 286 g/mol. The zero-order valence-electron chi connectivity index (χ0n) is 11.2. The molecule has 0 saturated carbocycles. The number of aromatic nitrogens is 1. The lowest BCUT2D eigenvalue weighted by atomic mass is 10.3. The highest BCUT2D eigenvalue weighted by atomic mass is 16.5. The average Bonchev–Trinajstić information content (AvgIpc) is 3.03. The summed E-state index contributed by atoms with van der Waals surface area (Å²) < 4.78 is 9.86. The molecule has 2 aromatic rings. The van der Waals surface area contributed by atoms with Crippen LogP contribution in [0.4, 0.5) is 0 Å². The fourth-order valence-electron chi connectivity index (χ4n) is 1.46. The number of pyridine rings is 1. The number of nitrogens with zero attached hydrogens (tertiary/aromatic N) is 1. The van der Waals surface area contributed by atoms with E-state index in [1.165, 1.54) is 18.4 Å². The van der Waals surface area contributed by atoms with Crippen LogP contribution in [0.15, 0.2) is 53.3 Å². The third-order valence-corrected chi connectivity index (χ3v) is 2.46. The molecule has 0 fully saturated rings. The summed E-state index contributed by atoms with van der Waals surface area (Å²) in [6.45, 7) is -0.0841. The predicted octanol–water partition coefficient (Wildman–Crippen LogP) is 1.55. The smallest absolute Gasteiger partial charge is 0.331 e. The molecule has 0 bridgehead atoms. The Morgan fingerprint density at radius 2 is 2.19 bits per heavy atom. The molecule has 1 N–H and O–H groups in total. The Bertz CT molecular complexity index is 606. The SMILES string of the molecule is O=C(COC(=O)/C=C/c1ccccn1)NCc1ccco1. The molecule has 2 rings (SSSR count). The Morgan fingerprint density at radius 1 is 1.29 bits per heavy atom. The standard InChI is InChI=1S/C15H14N2O4/c18-14(17-10-13-5-3-9-20-13)11-21-15(19)7-6-12-4-1-2-8-16-12/h1-9H,10-11H2,(H,17,18)/b7-6+. The van der Waals surface area contributed by atoms with Crippen LogP contribution in [-0.2, 0) is 20.9 Å². The van der Waals surface area contributed by atoms with E-state index < -0.39 is 11.9 Å². The van der Waals surface area contributed by atoms with Crippen LogP contribution in [0.25, 0.3) is 6.08 Å². The summed E-state index contributed by atoms with van der Waals surface area (Å²) in [6.07, 6.45) is 5.88. The molecule has 108 valence electrons. The van der Waals surface area contributed by atoms with Gasteiger partial charge in [-0.3, -0.25) is 9.78 Å². The minimum Gasteiger partial charge on any atom is -0.467 e. The second-order valence-electron chi connectivity index (χ2n) is 4.05. The van der Waals surface area contributed by atoms with Gasteiger partial charge in [0, 0.05) is 12.3 Å². The van der Waals surface area contributed by atoms with E-state index in [2.05, 4.69) is 10.3 Å². The molecule has 0 unspecified atom stereocenters. The fourth-order valence-corrected chi connectivity index (χ4v) is 1.46. The molecule has 0 atom stereocenters. The Balaban J connectivity index is 1.68. The maximum Gasteiger partial charge on any atom is 0.331 e. The first kappa shape index (κ1) is 14.5. The number of ether oxygens (including phenoxy) is 1. The molecule has 2 heterocycles. The third kappa shape index (κ3) is 5.32. The number of amides is 1. The molecule has 0 spiro atoms. The van der Waals surface area contributed by atoms with Gasteiger partial charge in [0.15, 0.2) is 6.61 Å². The molecule has 0 aliphatic rings. The number of nitrogens with one attached hydrogen (secondary N) is 1. The van der Waals surface area contributed by atoms with Crippen molar-refractivity contribution in [2.45, 2.75) is 6.54 Å². The van der Waals surface area contributed by atoms with Gasteiger partial charge >= 0.3 is 5.97 Å². The van der Waals surface area contributed by atoms with Gasteiger partial charge in [-0.2, -0.15) is 0 Å². The normalized spacial score (nSPS) is 10.5. The second kappa shape index (κ2) is 7.64. The summed E-state index contributed by atoms with van der Waals surface area (Å²) in [5.41, 5.74) is 0.636. The van der Waals surface area contributed by atoms with E-state index in [0.29, 0.717) is 11.5 Å². The highest BCUT2D eigenvalue weighted by Crippen LogP contribution is 1.99. The molecular formula is C15H14N2O4. The van der Waals surface area contributed by atoms with Gasteiger partial charge in [-0.25, -0.2) is 4.79 Å². The van der Waals surface area contributed by atoms with E-state index in [1.54, 1.807) is 36.5 Å². The van der Waals surface area contributed by atoms with Crippen molar-refractivity contribution in [1.29, 1.82) is 0 Å². The van der Waals surface area contributed by atoms with Crippen LogP contribution in [-0.4, -0.2) is 23.5 Å². The van der Waals surface area contributed by atoms with Crippen molar-refractivity contribution < 1.29 is 18.7 Å². The molecule has 2 aromatic heterocycles. The van der Waals surface area contributed by atoms with E-state index >= 15 is 0 Å². The molecule has 0 radical (unpaired) electrons. The average molecular weight is 286 g/mol. The van der Waals surface area contributed by atoms with Crippen LogP contribution >= 0.6 is 0 Å². The molecule has 6 nitrogen and oxygen atoms in total. The van der Waals surface area contributed by atoms with Gasteiger partial charge in [0.1, 0.15) is 5.76 Å². The molecule has 0 aliphatic heterocycles.